The van der Waals surface area contributed by atoms with Gasteiger partial charge in [0.15, 0.2) is 0 Å². The van der Waals surface area contributed by atoms with E-state index in [1.165, 1.54) is 11.1 Å². The van der Waals surface area contributed by atoms with Crippen LogP contribution in [-0.2, 0) is 23.2 Å². The predicted octanol–water partition coefficient (Wildman–Crippen LogP) is -1.54. The van der Waals surface area contributed by atoms with E-state index in [1.807, 2.05) is 0 Å². The fourth-order valence-electron chi connectivity index (χ4n) is 2.55. The second-order valence-corrected chi connectivity index (χ2v) is 8.66. The Hall–Kier alpha value is -0.0969. The molecule has 2 aliphatic carbocycles. The van der Waals surface area contributed by atoms with Crippen LogP contribution in [0.2, 0.25) is 3.63 Å². The SMILES string of the molecule is Cc1ccc2c(c1)C(C)[C]([Zr+2][CH]1C=CC=C1)=C2.[Cl-].[Cl-]. The largest absolute Gasteiger partial charge is 1.00 e. The van der Waals surface area contributed by atoms with Crippen molar-refractivity contribution < 1.29 is 48.0 Å². The molecule has 1 unspecified atom stereocenters. The second kappa shape index (κ2) is 7.07. The van der Waals surface area contributed by atoms with Gasteiger partial charge in [-0.2, -0.15) is 0 Å². The molecule has 0 spiro atoms. The van der Waals surface area contributed by atoms with Crippen molar-refractivity contribution in [2.24, 2.45) is 0 Å². The number of aryl methyl sites for hydroxylation is 1. The quantitative estimate of drug-likeness (QED) is 0.592. The maximum Gasteiger partial charge on any atom is -1.00 e. The summed E-state index contributed by atoms with van der Waals surface area (Å²) in [5.41, 5.74) is 4.40. The molecular weight excluding hydrogens is 354 g/mol. The number of benzene rings is 1. The molecule has 0 N–H and O–H groups in total. The third kappa shape index (κ3) is 3.51. The Morgan fingerprint density at radius 1 is 1.05 bits per heavy atom. The van der Waals surface area contributed by atoms with Crippen LogP contribution in [0, 0.1) is 6.92 Å². The van der Waals surface area contributed by atoms with Crippen molar-refractivity contribution in [2.45, 2.75) is 23.4 Å². The van der Waals surface area contributed by atoms with Gasteiger partial charge < -0.3 is 24.8 Å². The first kappa shape index (κ1) is 17.0. The average Bonchev–Trinajstić information content (AvgIpc) is 2.91. The van der Waals surface area contributed by atoms with Gasteiger partial charge in [-0.1, -0.05) is 0 Å². The number of hydrogen-bond donors (Lipinski definition) is 0. The van der Waals surface area contributed by atoms with Crippen LogP contribution < -0.4 is 24.8 Å². The zero-order valence-corrected chi connectivity index (χ0v) is 15.0. The van der Waals surface area contributed by atoms with Gasteiger partial charge in [0, 0.05) is 0 Å². The first-order chi connectivity index (χ1) is 8.24. The molecule has 1 aromatic carbocycles. The molecule has 0 aromatic heterocycles. The van der Waals surface area contributed by atoms with E-state index in [9.17, 15) is 0 Å². The first-order valence-corrected chi connectivity index (χ1v) is 8.82. The van der Waals surface area contributed by atoms with Crippen molar-refractivity contribution in [3.8, 4) is 0 Å². The molecule has 0 saturated heterocycles. The minimum Gasteiger partial charge on any atom is -1.00 e. The monoisotopic (exact) mass is 368 g/mol. The van der Waals surface area contributed by atoms with E-state index in [2.05, 4.69) is 62.4 Å². The van der Waals surface area contributed by atoms with Gasteiger partial charge >= 0.3 is 115 Å². The third-order valence-electron chi connectivity index (χ3n) is 3.57. The van der Waals surface area contributed by atoms with Gasteiger partial charge in [-0.3, -0.25) is 0 Å². The standard InChI is InChI=1S/C11H11.C5H5.2ClH.Zr/c1-8-3-5-10-6-4-9(2)11(10)7-8;1-2-4-5-3-1;;;/h3,5-7,9H,1-2H3;1-5H;2*1H;/q;;;;+2/p-2. The molecule has 0 saturated carbocycles. The Bertz CT molecular complexity index is 532. The first-order valence-electron chi connectivity index (χ1n) is 6.18. The average molecular weight is 370 g/mol. The maximum absolute atomic E-state index is 2.46. The molecule has 3 heteroatoms. The van der Waals surface area contributed by atoms with Crippen molar-refractivity contribution in [1.29, 1.82) is 0 Å². The van der Waals surface area contributed by atoms with Crippen molar-refractivity contribution in [1.82, 2.24) is 0 Å². The van der Waals surface area contributed by atoms with Gasteiger partial charge in [-0.05, 0) is 0 Å². The van der Waals surface area contributed by atoms with Gasteiger partial charge in [-0.25, -0.2) is 0 Å². The van der Waals surface area contributed by atoms with Gasteiger partial charge in [0.05, 0.1) is 0 Å². The molecule has 98 valence electrons. The molecule has 0 nitrogen and oxygen atoms in total. The molecule has 2 aliphatic rings. The Morgan fingerprint density at radius 3 is 2.42 bits per heavy atom. The number of halogens is 2. The summed E-state index contributed by atoms with van der Waals surface area (Å²) in [6.45, 7) is 4.56. The fraction of sp³-hybridized carbons (Fsp3) is 0.250. The minimum atomic E-state index is -0.472. The van der Waals surface area contributed by atoms with Gasteiger partial charge in [-0.15, -0.1) is 0 Å². The molecule has 19 heavy (non-hydrogen) atoms. The van der Waals surface area contributed by atoms with Crippen LogP contribution in [0.25, 0.3) is 6.08 Å². The molecule has 1 atom stereocenters. The molecule has 1 aromatic rings. The normalized spacial score (nSPS) is 19.3. The topological polar surface area (TPSA) is 0 Å². The van der Waals surface area contributed by atoms with E-state index in [4.69, 9.17) is 0 Å². The summed E-state index contributed by atoms with van der Waals surface area (Å²) in [5, 5.41) is 0. The molecule has 0 fully saturated rings. The zero-order valence-electron chi connectivity index (χ0n) is 11.0. The number of hydrogen-bond acceptors (Lipinski definition) is 0. The predicted molar refractivity (Wildman–Crippen MR) is 69.6 cm³/mol. The van der Waals surface area contributed by atoms with Crippen LogP contribution >= 0.6 is 0 Å². The van der Waals surface area contributed by atoms with Crippen molar-refractivity contribution in [3.05, 3.63) is 62.5 Å². The van der Waals surface area contributed by atoms with E-state index >= 15 is 0 Å². The molecule has 3 rings (SSSR count). The summed E-state index contributed by atoms with van der Waals surface area (Å²) >= 11 is -0.472. The Morgan fingerprint density at radius 2 is 1.74 bits per heavy atom. The van der Waals surface area contributed by atoms with Crippen molar-refractivity contribution in [3.63, 3.8) is 0 Å². The Labute approximate surface area is 139 Å². The van der Waals surface area contributed by atoms with Crippen LogP contribution in [-0.4, -0.2) is 0 Å². The fourth-order valence-corrected chi connectivity index (χ4v) is 6.10. The van der Waals surface area contributed by atoms with Gasteiger partial charge in [0.25, 0.3) is 0 Å². The summed E-state index contributed by atoms with van der Waals surface area (Å²) in [4.78, 5) is 0. The summed E-state index contributed by atoms with van der Waals surface area (Å²) < 4.78 is 2.53. The number of fused-ring (bicyclic) bond motifs is 1. The van der Waals surface area contributed by atoms with Crippen LogP contribution in [0.15, 0.2) is 45.8 Å². The van der Waals surface area contributed by atoms with Crippen LogP contribution in [0.4, 0.5) is 0 Å². The molecule has 0 bridgehead atoms. The minimum absolute atomic E-state index is 0. The van der Waals surface area contributed by atoms with Crippen LogP contribution in [0.5, 0.6) is 0 Å². The number of allylic oxidation sites excluding steroid dienone is 5. The molecule has 0 radical (unpaired) electrons. The summed E-state index contributed by atoms with van der Waals surface area (Å²) in [6, 6.07) is 6.88. The Balaban J connectivity index is 0.000000902. The number of rotatable bonds is 2. The van der Waals surface area contributed by atoms with E-state index < -0.39 is 23.2 Å². The molecule has 0 amide bonds. The van der Waals surface area contributed by atoms with Gasteiger partial charge in [0.2, 0.25) is 0 Å². The van der Waals surface area contributed by atoms with Crippen molar-refractivity contribution in [2.75, 3.05) is 0 Å². The summed E-state index contributed by atoms with van der Waals surface area (Å²) in [5.74, 6) is 0.666. The van der Waals surface area contributed by atoms with Crippen LogP contribution in [0.1, 0.15) is 29.5 Å². The van der Waals surface area contributed by atoms with Crippen LogP contribution in [0.3, 0.4) is 0 Å². The Kier molecular flexibility index (Phi) is 6.31. The molecule has 0 heterocycles. The maximum atomic E-state index is 2.46. The summed E-state index contributed by atoms with van der Waals surface area (Å²) in [7, 11) is 0. The third-order valence-corrected chi connectivity index (χ3v) is 7.57. The second-order valence-electron chi connectivity index (χ2n) is 4.89. The molecule has 0 aliphatic heterocycles. The summed E-state index contributed by atoms with van der Waals surface area (Å²) in [6.07, 6.45) is 11.6. The smallest absolute Gasteiger partial charge is 1.00 e. The van der Waals surface area contributed by atoms with E-state index in [0.29, 0.717) is 5.92 Å². The zero-order chi connectivity index (χ0) is 11.8. The van der Waals surface area contributed by atoms with E-state index in [-0.39, 0.29) is 24.8 Å². The van der Waals surface area contributed by atoms with E-state index in [1.54, 1.807) is 8.84 Å². The molecular formula is C16H16Cl2Zr. The van der Waals surface area contributed by atoms with E-state index in [0.717, 1.165) is 3.63 Å². The van der Waals surface area contributed by atoms with Gasteiger partial charge in [0.1, 0.15) is 0 Å². The van der Waals surface area contributed by atoms with Crippen molar-refractivity contribution >= 4 is 6.08 Å².